The number of primary amides is 1. The minimum Gasteiger partial charge on any atom is -0.366 e. The van der Waals surface area contributed by atoms with E-state index in [9.17, 15) is 31.1 Å². The van der Waals surface area contributed by atoms with Crippen LogP contribution >= 0.6 is 0 Å². The fourth-order valence-electron chi connectivity index (χ4n) is 2.71. The topological polar surface area (TPSA) is 86.7 Å². The molecule has 0 aliphatic rings. The van der Waals surface area contributed by atoms with Crippen molar-refractivity contribution < 1.29 is 31.1 Å². The molecule has 1 amide bonds. The van der Waals surface area contributed by atoms with Gasteiger partial charge in [-0.2, -0.15) is 26.3 Å². The van der Waals surface area contributed by atoms with E-state index in [1.54, 1.807) is 0 Å². The summed E-state index contributed by atoms with van der Waals surface area (Å²) in [6.07, 6.45) is -6.33. The Balaban J connectivity index is 2.02. The van der Waals surface area contributed by atoms with Crippen LogP contribution in [0.2, 0.25) is 0 Å². The third-order valence-corrected chi connectivity index (χ3v) is 4.06. The molecule has 162 valence electrons. The fraction of sp³-hybridized carbons (Fsp3) is 0.158. The van der Waals surface area contributed by atoms with Gasteiger partial charge in [0.15, 0.2) is 5.82 Å². The number of halogens is 6. The van der Waals surface area contributed by atoms with Crippen molar-refractivity contribution in [2.45, 2.75) is 19.3 Å². The van der Waals surface area contributed by atoms with Gasteiger partial charge in [0.05, 0.1) is 11.1 Å². The smallest absolute Gasteiger partial charge is 0.366 e. The van der Waals surface area contributed by atoms with Crippen molar-refractivity contribution in [1.29, 1.82) is 0 Å². The van der Waals surface area contributed by atoms with E-state index in [2.05, 4.69) is 15.1 Å². The van der Waals surface area contributed by atoms with Crippen LogP contribution in [-0.2, 0) is 17.1 Å². The fourth-order valence-corrected chi connectivity index (χ4v) is 2.71. The molecule has 2 N–H and O–H groups in total. The van der Waals surface area contributed by atoms with Gasteiger partial charge < -0.3 is 5.73 Å². The Labute approximate surface area is 171 Å². The maximum absolute atomic E-state index is 13.0. The van der Waals surface area contributed by atoms with E-state index in [1.807, 2.05) is 0 Å². The van der Waals surface area contributed by atoms with Crippen LogP contribution in [0.25, 0.3) is 23.2 Å². The second kappa shape index (κ2) is 7.85. The Morgan fingerprint density at radius 2 is 1.74 bits per heavy atom. The second-order valence-electron chi connectivity index (χ2n) is 6.47. The molecule has 0 aliphatic heterocycles. The largest absolute Gasteiger partial charge is 0.433 e. The zero-order valence-electron chi connectivity index (χ0n) is 15.7. The van der Waals surface area contributed by atoms with Crippen molar-refractivity contribution in [1.82, 2.24) is 19.7 Å². The summed E-state index contributed by atoms with van der Waals surface area (Å²) in [5, 5.41) is 3.98. The summed E-state index contributed by atoms with van der Waals surface area (Å²) in [4.78, 5) is 18.9. The van der Waals surface area contributed by atoms with Gasteiger partial charge in [0.1, 0.15) is 12.0 Å². The first-order valence-corrected chi connectivity index (χ1v) is 8.50. The maximum Gasteiger partial charge on any atom is 0.433 e. The molecule has 2 heterocycles. The van der Waals surface area contributed by atoms with Gasteiger partial charge in [0, 0.05) is 18.0 Å². The number of alkyl halides is 6. The Bertz CT molecular complexity index is 1160. The molecule has 0 spiro atoms. The quantitative estimate of drug-likeness (QED) is 0.487. The minimum atomic E-state index is -4.74. The van der Waals surface area contributed by atoms with Crippen molar-refractivity contribution in [2.24, 2.45) is 5.73 Å². The van der Waals surface area contributed by atoms with E-state index in [4.69, 9.17) is 5.73 Å². The van der Waals surface area contributed by atoms with Crippen LogP contribution in [0, 0.1) is 6.92 Å². The van der Waals surface area contributed by atoms with Crippen molar-refractivity contribution in [3.8, 4) is 11.4 Å². The Morgan fingerprint density at radius 3 is 2.35 bits per heavy atom. The number of nitrogens with zero attached hydrogens (tertiary/aromatic N) is 4. The molecule has 3 rings (SSSR count). The maximum atomic E-state index is 13.0. The second-order valence-corrected chi connectivity index (χ2v) is 6.47. The third kappa shape index (κ3) is 5.08. The van der Waals surface area contributed by atoms with Crippen LogP contribution in [0.5, 0.6) is 0 Å². The van der Waals surface area contributed by atoms with E-state index in [1.165, 1.54) is 13.0 Å². The molecule has 0 bridgehead atoms. The van der Waals surface area contributed by atoms with Crippen LogP contribution in [0.4, 0.5) is 26.3 Å². The van der Waals surface area contributed by atoms with Gasteiger partial charge in [-0.25, -0.2) is 9.67 Å². The molecular weight excluding hydrogens is 428 g/mol. The summed E-state index contributed by atoms with van der Waals surface area (Å²) in [5.74, 6) is -1.13. The first kappa shape index (κ1) is 22.0. The van der Waals surface area contributed by atoms with Crippen molar-refractivity contribution in [2.75, 3.05) is 0 Å². The van der Waals surface area contributed by atoms with Gasteiger partial charge in [-0.15, -0.1) is 5.10 Å². The number of rotatable bonds is 4. The molecule has 31 heavy (non-hydrogen) atoms. The van der Waals surface area contributed by atoms with Gasteiger partial charge >= 0.3 is 12.4 Å². The minimum absolute atomic E-state index is 0.0726. The molecular formula is C19H13F6N5O. The summed E-state index contributed by atoms with van der Waals surface area (Å²) in [7, 11) is 0. The molecule has 0 radical (unpaired) electrons. The van der Waals surface area contributed by atoms with Gasteiger partial charge in [-0.1, -0.05) is 0 Å². The number of amides is 1. The summed E-state index contributed by atoms with van der Waals surface area (Å²) in [6, 6.07) is 5.06. The predicted molar refractivity (Wildman–Crippen MR) is 97.8 cm³/mol. The molecule has 0 saturated carbocycles. The highest BCUT2D eigenvalue weighted by Gasteiger charge is 2.33. The monoisotopic (exact) mass is 441 g/mol. The number of hydrogen-bond donors (Lipinski definition) is 1. The van der Waals surface area contributed by atoms with E-state index in [0.717, 1.165) is 41.6 Å². The lowest BCUT2D eigenvalue weighted by Gasteiger charge is -2.09. The molecule has 6 nitrogen and oxygen atoms in total. The Hall–Kier alpha value is -3.70. The molecule has 1 aromatic carbocycles. The SMILES string of the molecule is Cc1cc(-c2ncn(/C=C(\C(N)=O)c3ccnc(C(F)(F)F)c3)n2)cc(C(F)(F)F)c1. The van der Waals surface area contributed by atoms with Crippen LogP contribution < -0.4 is 5.73 Å². The first-order chi connectivity index (χ1) is 14.3. The Kier molecular flexibility index (Phi) is 5.57. The highest BCUT2D eigenvalue weighted by molar-refractivity contribution is 6.22. The van der Waals surface area contributed by atoms with Gasteiger partial charge in [-0.05, 0) is 48.4 Å². The van der Waals surface area contributed by atoms with Crippen molar-refractivity contribution in [3.63, 3.8) is 0 Å². The molecule has 0 atom stereocenters. The molecule has 0 fully saturated rings. The first-order valence-electron chi connectivity index (χ1n) is 8.50. The van der Waals surface area contributed by atoms with Crippen LogP contribution in [-0.4, -0.2) is 25.7 Å². The average Bonchev–Trinajstić information content (AvgIpc) is 3.13. The zero-order valence-corrected chi connectivity index (χ0v) is 15.7. The molecule has 12 heteroatoms. The third-order valence-electron chi connectivity index (χ3n) is 4.06. The van der Waals surface area contributed by atoms with Crippen LogP contribution in [0.1, 0.15) is 22.4 Å². The van der Waals surface area contributed by atoms with E-state index >= 15 is 0 Å². The van der Waals surface area contributed by atoms with E-state index < -0.39 is 29.5 Å². The van der Waals surface area contributed by atoms with Crippen molar-refractivity contribution >= 4 is 17.7 Å². The highest BCUT2D eigenvalue weighted by atomic mass is 19.4. The lowest BCUT2D eigenvalue weighted by Crippen LogP contribution is -2.15. The van der Waals surface area contributed by atoms with Crippen LogP contribution in [0.15, 0.2) is 42.9 Å². The lowest BCUT2D eigenvalue weighted by atomic mass is 10.1. The molecule has 0 saturated heterocycles. The number of benzene rings is 1. The zero-order chi connectivity index (χ0) is 23.0. The predicted octanol–water partition coefficient (Wildman–Crippen LogP) is 4.17. The number of hydrogen-bond acceptors (Lipinski definition) is 4. The number of aryl methyl sites for hydroxylation is 1. The number of pyridine rings is 1. The number of carbonyl (C=O) groups excluding carboxylic acids is 1. The molecule has 2 aromatic heterocycles. The average molecular weight is 441 g/mol. The molecule has 0 unspecified atom stereocenters. The van der Waals surface area contributed by atoms with Gasteiger partial charge in [0.2, 0.25) is 0 Å². The standard InChI is InChI=1S/C19H13F6N5O/c1-10-4-12(6-13(5-10)18(20,21)22)17-28-9-30(29-17)8-14(16(26)31)11-2-3-27-15(7-11)19(23,24)25/h2-9H,1H3,(H2,26,31)/b14-8-. The summed E-state index contributed by atoms with van der Waals surface area (Å²) in [5.41, 5.74) is 3.08. The number of aromatic nitrogens is 4. The van der Waals surface area contributed by atoms with Gasteiger partial charge in [0.25, 0.3) is 5.91 Å². The Morgan fingerprint density at radius 1 is 1.03 bits per heavy atom. The number of carbonyl (C=O) groups is 1. The lowest BCUT2D eigenvalue weighted by molar-refractivity contribution is -0.141. The van der Waals surface area contributed by atoms with E-state index in [0.29, 0.717) is 11.6 Å². The normalized spacial score (nSPS) is 12.8. The van der Waals surface area contributed by atoms with Gasteiger partial charge in [-0.3, -0.25) is 9.78 Å². The van der Waals surface area contributed by atoms with Crippen molar-refractivity contribution in [3.05, 3.63) is 65.2 Å². The molecule has 0 aliphatic carbocycles. The summed E-state index contributed by atoms with van der Waals surface area (Å²) < 4.78 is 78.8. The molecule has 3 aromatic rings. The number of nitrogens with two attached hydrogens (primary N) is 1. The highest BCUT2D eigenvalue weighted by Crippen LogP contribution is 2.33. The summed E-state index contributed by atoms with van der Waals surface area (Å²) >= 11 is 0. The van der Waals surface area contributed by atoms with E-state index in [-0.39, 0.29) is 22.5 Å². The van der Waals surface area contributed by atoms with Crippen LogP contribution in [0.3, 0.4) is 0 Å². The summed E-state index contributed by atoms with van der Waals surface area (Å²) in [6.45, 7) is 1.47.